The lowest BCUT2D eigenvalue weighted by Gasteiger charge is -2.11. The van der Waals surface area contributed by atoms with E-state index in [4.69, 9.17) is 15.6 Å². The van der Waals surface area contributed by atoms with Crippen molar-refractivity contribution in [1.82, 2.24) is 9.97 Å². The first-order chi connectivity index (χ1) is 6.72. The number of nitrogens with two attached hydrogens (primary N) is 1. The number of nitrogens with zero attached hydrogens (tertiary/aromatic N) is 2. The van der Waals surface area contributed by atoms with Gasteiger partial charge >= 0.3 is 0 Å². The van der Waals surface area contributed by atoms with Gasteiger partial charge in [-0.25, -0.2) is 4.98 Å². The number of hydrogen-bond donors (Lipinski definition) is 2. The first-order valence-electron chi connectivity index (χ1n) is 4.10. The Labute approximate surface area is 90.4 Å². The fraction of sp³-hybridized carbons (Fsp3) is 0.500. The van der Waals surface area contributed by atoms with E-state index in [-0.39, 0.29) is 12.5 Å². The number of halogens is 1. The fourth-order valence-corrected chi connectivity index (χ4v) is 1.32. The van der Waals surface area contributed by atoms with Crippen molar-refractivity contribution < 1.29 is 9.84 Å². The molecule has 0 saturated heterocycles. The fourth-order valence-electron chi connectivity index (χ4n) is 0.966. The van der Waals surface area contributed by atoms with Crippen LogP contribution in [0.3, 0.4) is 0 Å². The van der Waals surface area contributed by atoms with E-state index in [0.717, 1.165) is 0 Å². The highest BCUT2D eigenvalue weighted by Gasteiger charge is 2.13. The number of hydrogen-bond acceptors (Lipinski definition) is 5. The van der Waals surface area contributed by atoms with Crippen LogP contribution in [0.25, 0.3) is 0 Å². The van der Waals surface area contributed by atoms with Gasteiger partial charge in [-0.3, -0.25) is 0 Å². The lowest BCUT2D eigenvalue weighted by molar-refractivity contribution is 0.262. The molecule has 0 fully saturated rings. The Hall–Kier alpha value is -0.720. The molecule has 1 aromatic heterocycles. The lowest BCUT2D eigenvalue weighted by Crippen LogP contribution is -2.18. The van der Waals surface area contributed by atoms with Crippen LogP contribution in [0.1, 0.15) is 11.7 Å². The number of ether oxygens (including phenoxy) is 1. The van der Waals surface area contributed by atoms with Gasteiger partial charge in [-0.1, -0.05) is 0 Å². The van der Waals surface area contributed by atoms with Gasteiger partial charge in [-0.05, 0) is 15.9 Å². The third kappa shape index (κ3) is 2.40. The Morgan fingerprint density at radius 2 is 2.43 bits per heavy atom. The summed E-state index contributed by atoms with van der Waals surface area (Å²) in [5.41, 5.74) is 5.45. The zero-order chi connectivity index (χ0) is 10.6. The Morgan fingerprint density at radius 1 is 1.71 bits per heavy atom. The summed E-state index contributed by atoms with van der Waals surface area (Å²) in [6, 6.07) is 0. The Morgan fingerprint density at radius 3 is 2.93 bits per heavy atom. The van der Waals surface area contributed by atoms with Crippen LogP contribution in [0.2, 0.25) is 0 Å². The topological polar surface area (TPSA) is 81.3 Å². The molecule has 5 nitrogen and oxygen atoms in total. The number of aromatic nitrogens is 2. The van der Waals surface area contributed by atoms with Gasteiger partial charge in [0.2, 0.25) is 5.88 Å². The maximum atomic E-state index is 9.00. The van der Waals surface area contributed by atoms with Crippen molar-refractivity contribution >= 4 is 15.9 Å². The molecule has 14 heavy (non-hydrogen) atoms. The quantitative estimate of drug-likeness (QED) is 0.814. The van der Waals surface area contributed by atoms with Crippen molar-refractivity contribution in [2.45, 2.75) is 5.92 Å². The number of rotatable bonds is 4. The molecule has 1 rings (SSSR count). The molecule has 0 saturated carbocycles. The highest BCUT2D eigenvalue weighted by molar-refractivity contribution is 9.10. The van der Waals surface area contributed by atoms with Crippen molar-refractivity contribution in [3.8, 4) is 5.88 Å². The molecular weight excluding hydrogens is 250 g/mol. The van der Waals surface area contributed by atoms with Gasteiger partial charge in [0.15, 0.2) is 0 Å². The molecule has 1 unspecified atom stereocenters. The van der Waals surface area contributed by atoms with Gasteiger partial charge < -0.3 is 15.6 Å². The zero-order valence-corrected chi connectivity index (χ0v) is 9.36. The van der Waals surface area contributed by atoms with E-state index in [0.29, 0.717) is 22.7 Å². The van der Waals surface area contributed by atoms with Crippen molar-refractivity contribution in [1.29, 1.82) is 0 Å². The molecular formula is C8H12BrN3O2. The normalized spacial score (nSPS) is 12.6. The Bertz CT molecular complexity index is 305. The van der Waals surface area contributed by atoms with Gasteiger partial charge in [-0.2, -0.15) is 4.98 Å². The molecule has 78 valence electrons. The summed E-state index contributed by atoms with van der Waals surface area (Å²) in [6.45, 7) is 0.239. The molecule has 3 N–H and O–H groups in total. The predicted molar refractivity (Wildman–Crippen MR) is 55.2 cm³/mol. The van der Waals surface area contributed by atoms with E-state index < -0.39 is 0 Å². The molecule has 0 aromatic carbocycles. The second kappa shape index (κ2) is 5.23. The molecule has 0 radical (unpaired) electrons. The lowest BCUT2D eigenvalue weighted by atomic mass is 10.1. The summed E-state index contributed by atoms with van der Waals surface area (Å²) in [7, 11) is 1.52. The number of methoxy groups -OCH3 is 1. The third-order valence-electron chi connectivity index (χ3n) is 1.79. The molecule has 0 aliphatic rings. The van der Waals surface area contributed by atoms with Crippen LogP contribution in [0.15, 0.2) is 10.7 Å². The van der Waals surface area contributed by atoms with Crippen LogP contribution < -0.4 is 10.5 Å². The molecule has 0 spiro atoms. The van der Waals surface area contributed by atoms with Crippen molar-refractivity contribution in [2.75, 3.05) is 20.3 Å². The number of aliphatic hydroxyl groups is 1. The summed E-state index contributed by atoms with van der Waals surface area (Å²) in [6.07, 6.45) is 1.58. The van der Waals surface area contributed by atoms with Gasteiger partial charge in [0.1, 0.15) is 5.82 Å². The van der Waals surface area contributed by atoms with E-state index >= 15 is 0 Å². The molecule has 1 atom stereocenters. The molecule has 0 bridgehead atoms. The van der Waals surface area contributed by atoms with Crippen LogP contribution in [0, 0.1) is 0 Å². The molecule has 6 heteroatoms. The summed E-state index contributed by atoms with van der Waals surface area (Å²) >= 11 is 3.24. The molecule has 0 amide bonds. The van der Waals surface area contributed by atoms with Crippen molar-refractivity contribution in [2.24, 2.45) is 5.73 Å². The summed E-state index contributed by atoms with van der Waals surface area (Å²) in [4.78, 5) is 8.16. The zero-order valence-electron chi connectivity index (χ0n) is 7.77. The minimum Gasteiger partial charge on any atom is -0.480 e. The smallest absolute Gasteiger partial charge is 0.231 e. The highest BCUT2D eigenvalue weighted by atomic mass is 79.9. The van der Waals surface area contributed by atoms with Gasteiger partial charge in [0.05, 0.1) is 24.1 Å². The van der Waals surface area contributed by atoms with Crippen LogP contribution >= 0.6 is 15.9 Å². The monoisotopic (exact) mass is 261 g/mol. The standard InChI is InChI=1S/C8H12BrN3O2/c1-14-8-6(9)3-11-7(12-8)5(2-10)4-13/h3,5,13H,2,4,10H2,1H3. The predicted octanol–water partition coefficient (Wildman–Crippen LogP) is 0.282. The summed E-state index contributed by atoms with van der Waals surface area (Å²) in [5, 5.41) is 9.00. The van der Waals surface area contributed by atoms with Crippen molar-refractivity contribution in [3.05, 3.63) is 16.5 Å². The second-order valence-corrected chi connectivity index (χ2v) is 3.55. The first kappa shape index (κ1) is 11.4. The van der Waals surface area contributed by atoms with E-state index in [9.17, 15) is 0 Å². The molecule has 0 aliphatic carbocycles. The molecule has 0 aliphatic heterocycles. The van der Waals surface area contributed by atoms with E-state index in [1.54, 1.807) is 6.20 Å². The number of aliphatic hydroxyl groups excluding tert-OH is 1. The van der Waals surface area contributed by atoms with E-state index in [1.165, 1.54) is 7.11 Å². The Balaban J connectivity index is 2.98. The minimum absolute atomic E-state index is 0.0682. The van der Waals surface area contributed by atoms with E-state index in [1.807, 2.05) is 0 Å². The minimum atomic E-state index is -0.239. The highest BCUT2D eigenvalue weighted by Crippen LogP contribution is 2.22. The largest absolute Gasteiger partial charge is 0.480 e. The van der Waals surface area contributed by atoms with Crippen LogP contribution in [0.4, 0.5) is 0 Å². The first-order valence-corrected chi connectivity index (χ1v) is 4.89. The SMILES string of the molecule is COc1nc(C(CN)CO)ncc1Br. The van der Waals surface area contributed by atoms with Crippen LogP contribution in [-0.2, 0) is 0 Å². The average molecular weight is 262 g/mol. The van der Waals surface area contributed by atoms with Gasteiger partial charge in [0, 0.05) is 12.7 Å². The van der Waals surface area contributed by atoms with Crippen LogP contribution in [-0.4, -0.2) is 35.3 Å². The van der Waals surface area contributed by atoms with Crippen molar-refractivity contribution in [3.63, 3.8) is 0 Å². The summed E-state index contributed by atoms with van der Waals surface area (Å²) in [5.74, 6) is 0.703. The van der Waals surface area contributed by atoms with Gasteiger partial charge in [0.25, 0.3) is 0 Å². The maximum Gasteiger partial charge on any atom is 0.231 e. The molecule has 1 aromatic rings. The van der Waals surface area contributed by atoms with Gasteiger partial charge in [-0.15, -0.1) is 0 Å². The molecule has 1 heterocycles. The maximum absolute atomic E-state index is 9.00. The Kier molecular flexibility index (Phi) is 4.24. The van der Waals surface area contributed by atoms with Crippen LogP contribution in [0.5, 0.6) is 5.88 Å². The van der Waals surface area contributed by atoms with E-state index in [2.05, 4.69) is 25.9 Å². The second-order valence-electron chi connectivity index (χ2n) is 2.70. The third-order valence-corrected chi connectivity index (χ3v) is 2.34. The summed E-state index contributed by atoms with van der Waals surface area (Å²) < 4.78 is 5.68. The average Bonchev–Trinajstić information content (AvgIpc) is 2.22.